The molecule has 4 N–H and O–H groups in total. The fourth-order valence-electron chi connectivity index (χ4n) is 1.29. The van der Waals surface area contributed by atoms with Crippen molar-refractivity contribution in [1.82, 2.24) is 5.32 Å². The quantitative estimate of drug-likeness (QED) is 0.402. The molecule has 1 unspecified atom stereocenters. The summed E-state index contributed by atoms with van der Waals surface area (Å²) in [6.45, 7) is 4.41. The van der Waals surface area contributed by atoms with Crippen molar-refractivity contribution in [2.24, 2.45) is 10.7 Å². The van der Waals surface area contributed by atoms with Gasteiger partial charge in [-0.05, 0) is 26.0 Å². The first-order valence-electron chi connectivity index (χ1n) is 4.88. The Bertz CT molecular complexity index is 217. The van der Waals surface area contributed by atoms with Crippen LogP contribution in [0.2, 0.25) is 0 Å². The van der Waals surface area contributed by atoms with E-state index >= 15 is 0 Å². The topological polar surface area (TPSA) is 70.6 Å². The van der Waals surface area contributed by atoms with E-state index in [0.717, 1.165) is 17.9 Å². The van der Waals surface area contributed by atoms with E-state index in [-0.39, 0.29) is 30.0 Å². The number of nitrogens with two attached hydrogens (primary N) is 1. The minimum atomic E-state index is -0.631. The first-order valence-corrected chi connectivity index (χ1v) is 6.04. The smallest absolute Gasteiger partial charge is 0.188 e. The number of aliphatic imine (C=N–C) groups is 1. The van der Waals surface area contributed by atoms with Crippen molar-refractivity contribution < 1.29 is 5.11 Å². The molecule has 0 saturated carbocycles. The number of rotatable bonds is 3. The van der Waals surface area contributed by atoms with Gasteiger partial charge in [0.1, 0.15) is 0 Å². The highest BCUT2D eigenvalue weighted by Gasteiger charge is 2.31. The van der Waals surface area contributed by atoms with Gasteiger partial charge in [0.2, 0.25) is 0 Å². The molecule has 0 spiro atoms. The van der Waals surface area contributed by atoms with Crippen LogP contribution in [0.25, 0.3) is 0 Å². The maximum Gasteiger partial charge on any atom is 0.188 e. The predicted octanol–water partition coefficient (Wildman–Crippen LogP) is 0.785. The predicted molar refractivity (Wildman–Crippen MR) is 77.1 cm³/mol. The van der Waals surface area contributed by atoms with Gasteiger partial charge in [0.05, 0.1) is 12.1 Å². The Kier molecular flexibility index (Phi) is 6.94. The molecule has 0 bridgehead atoms. The van der Waals surface area contributed by atoms with E-state index in [2.05, 4.69) is 10.3 Å². The standard InChI is InChI=1S/C9H19N3OS.HI/c1-7(2)12-8(10)11-5-9(13)3-4-14-6-9;/h7,13H,3-6H2,1-2H3,(H3,10,11,12);1H. The third kappa shape index (κ3) is 5.82. The maximum atomic E-state index is 9.96. The lowest BCUT2D eigenvalue weighted by atomic mass is 10.1. The van der Waals surface area contributed by atoms with E-state index in [1.54, 1.807) is 11.8 Å². The van der Waals surface area contributed by atoms with Gasteiger partial charge in [-0.1, -0.05) is 0 Å². The summed E-state index contributed by atoms with van der Waals surface area (Å²) in [5.74, 6) is 2.21. The summed E-state index contributed by atoms with van der Waals surface area (Å²) in [7, 11) is 0. The lowest BCUT2D eigenvalue weighted by Gasteiger charge is -2.19. The van der Waals surface area contributed by atoms with Gasteiger partial charge < -0.3 is 16.2 Å². The highest BCUT2D eigenvalue weighted by Crippen LogP contribution is 2.27. The van der Waals surface area contributed by atoms with Crippen LogP contribution in [0.4, 0.5) is 0 Å². The normalized spacial score (nSPS) is 26.5. The van der Waals surface area contributed by atoms with E-state index < -0.39 is 5.60 Å². The first kappa shape index (κ1) is 15.3. The lowest BCUT2D eigenvalue weighted by Crippen LogP contribution is -2.39. The molecule has 0 aromatic carbocycles. The van der Waals surface area contributed by atoms with Gasteiger partial charge in [-0.3, -0.25) is 4.99 Å². The van der Waals surface area contributed by atoms with Crippen LogP contribution < -0.4 is 11.1 Å². The molecule has 0 aromatic rings. The highest BCUT2D eigenvalue weighted by atomic mass is 127. The fraction of sp³-hybridized carbons (Fsp3) is 0.889. The van der Waals surface area contributed by atoms with E-state index in [1.165, 1.54) is 0 Å². The second kappa shape index (κ2) is 6.80. The Hall–Kier alpha value is 0.310. The van der Waals surface area contributed by atoms with Gasteiger partial charge in [0, 0.05) is 11.8 Å². The van der Waals surface area contributed by atoms with Gasteiger partial charge in [-0.25, -0.2) is 0 Å². The van der Waals surface area contributed by atoms with Crippen molar-refractivity contribution in [1.29, 1.82) is 0 Å². The number of nitrogens with zero attached hydrogens (tertiary/aromatic N) is 1. The molecule has 90 valence electrons. The Labute approximate surface area is 112 Å². The van der Waals surface area contributed by atoms with Crippen molar-refractivity contribution in [3.05, 3.63) is 0 Å². The Balaban J connectivity index is 0.00000196. The summed E-state index contributed by atoms with van der Waals surface area (Å²) in [5, 5.41) is 13.0. The molecule has 6 heteroatoms. The molecule has 1 aliphatic rings. The third-order valence-electron chi connectivity index (χ3n) is 2.06. The van der Waals surface area contributed by atoms with E-state index in [1.807, 2.05) is 13.8 Å². The van der Waals surface area contributed by atoms with Gasteiger partial charge in [-0.2, -0.15) is 11.8 Å². The summed E-state index contributed by atoms with van der Waals surface area (Å²) in [6.07, 6.45) is 0.816. The van der Waals surface area contributed by atoms with Gasteiger partial charge in [0.15, 0.2) is 5.96 Å². The number of aliphatic hydroxyl groups is 1. The van der Waals surface area contributed by atoms with Crippen LogP contribution in [0.15, 0.2) is 4.99 Å². The molecule has 1 fully saturated rings. The Morgan fingerprint density at radius 2 is 2.33 bits per heavy atom. The number of thioether (sulfide) groups is 1. The van der Waals surface area contributed by atoms with E-state index in [9.17, 15) is 5.11 Å². The summed E-state index contributed by atoms with van der Waals surface area (Å²) in [6, 6.07) is 0.284. The van der Waals surface area contributed by atoms with E-state index in [4.69, 9.17) is 5.73 Å². The molecule has 0 amide bonds. The maximum absolute atomic E-state index is 9.96. The van der Waals surface area contributed by atoms with Crippen LogP contribution in [-0.4, -0.2) is 40.8 Å². The van der Waals surface area contributed by atoms with Crippen LogP contribution in [0.3, 0.4) is 0 Å². The zero-order valence-electron chi connectivity index (χ0n) is 9.19. The van der Waals surface area contributed by atoms with Crippen molar-refractivity contribution in [2.45, 2.75) is 31.9 Å². The van der Waals surface area contributed by atoms with Crippen molar-refractivity contribution in [2.75, 3.05) is 18.1 Å². The molecule has 1 aliphatic heterocycles. The largest absolute Gasteiger partial charge is 0.387 e. The second-order valence-electron chi connectivity index (χ2n) is 4.03. The third-order valence-corrected chi connectivity index (χ3v) is 3.30. The summed E-state index contributed by atoms with van der Waals surface area (Å²) in [5.41, 5.74) is 5.00. The summed E-state index contributed by atoms with van der Waals surface area (Å²) < 4.78 is 0. The van der Waals surface area contributed by atoms with Crippen LogP contribution in [0, 0.1) is 0 Å². The van der Waals surface area contributed by atoms with E-state index in [0.29, 0.717) is 12.5 Å². The highest BCUT2D eigenvalue weighted by molar-refractivity contribution is 14.0. The average Bonchev–Trinajstić information content (AvgIpc) is 2.49. The second-order valence-corrected chi connectivity index (χ2v) is 5.13. The Morgan fingerprint density at radius 1 is 1.67 bits per heavy atom. The Morgan fingerprint density at radius 3 is 2.80 bits per heavy atom. The summed E-state index contributed by atoms with van der Waals surface area (Å²) in [4.78, 5) is 4.14. The van der Waals surface area contributed by atoms with Gasteiger partial charge in [-0.15, -0.1) is 24.0 Å². The molecule has 1 saturated heterocycles. The molecule has 1 rings (SSSR count). The minimum absolute atomic E-state index is 0. The molecular formula is C9H20IN3OS. The van der Waals surface area contributed by atoms with Gasteiger partial charge in [0.25, 0.3) is 0 Å². The zero-order chi connectivity index (χ0) is 10.6. The molecule has 0 aromatic heterocycles. The first-order chi connectivity index (χ1) is 6.52. The number of halogens is 1. The molecule has 4 nitrogen and oxygen atoms in total. The average molecular weight is 345 g/mol. The monoisotopic (exact) mass is 345 g/mol. The molecule has 0 radical (unpaired) electrons. The fourth-order valence-corrected chi connectivity index (χ4v) is 2.58. The lowest BCUT2D eigenvalue weighted by molar-refractivity contribution is 0.0779. The molecule has 1 atom stereocenters. The zero-order valence-corrected chi connectivity index (χ0v) is 12.3. The van der Waals surface area contributed by atoms with Crippen molar-refractivity contribution >= 4 is 41.7 Å². The minimum Gasteiger partial charge on any atom is -0.387 e. The SMILES string of the molecule is CC(C)NC(N)=NCC1(O)CCSC1.I. The molecule has 15 heavy (non-hydrogen) atoms. The van der Waals surface area contributed by atoms with Crippen molar-refractivity contribution in [3.8, 4) is 0 Å². The molecular weight excluding hydrogens is 325 g/mol. The molecule has 1 heterocycles. The number of nitrogens with one attached hydrogen (secondary N) is 1. The van der Waals surface area contributed by atoms with Crippen LogP contribution in [-0.2, 0) is 0 Å². The van der Waals surface area contributed by atoms with Crippen molar-refractivity contribution in [3.63, 3.8) is 0 Å². The molecule has 0 aliphatic carbocycles. The number of guanidine groups is 1. The van der Waals surface area contributed by atoms with Gasteiger partial charge >= 0.3 is 0 Å². The summed E-state index contributed by atoms with van der Waals surface area (Å²) >= 11 is 1.77. The van der Waals surface area contributed by atoms with Crippen LogP contribution in [0.1, 0.15) is 20.3 Å². The number of hydrogen-bond acceptors (Lipinski definition) is 3. The van der Waals surface area contributed by atoms with Crippen LogP contribution >= 0.6 is 35.7 Å². The van der Waals surface area contributed by atoms with Crippen LogP contribution in [0.5, 0.6) is 0 Å². The number of hydrogen-bond donors (Lipinski definition) is 3.